The van der Waals surface area contributed by atoms with Gasteiger partial charge in [-0.05, 0) is 65.9 Å². The van der Waals surface area contributed by atoms with E-state index in [1.165, 1.54) is 12.3 Å². The molecule has 0 fully saturated rings. The van der Waals surface area contributed by atoms with Crippen molar-refractivity contribution >= 4 is 23.5 Å². The van der Waals surface area contributed by atoms with Crippen LogP contribution in [0.3, 0.4) is 0 Å². The highest BCUT2D eigenvalue weighted by molar-refractivity contribution is 6.32. The molecule has 0 unspecified atom stereocenters. The van der Waals surface area contributed by atoms with Crippen LogP contribution in [0, 0.1) is 18.3 Å². The zero-order valence-corrected chi connectivity index (χ0v) is 27.9. The predicted molar refractivity (Wildman–Crippen MR) is 186 cm³/mol. The van der Waals surface area contributed by atoms with Crippen LogP contribution in [0.1, 0.15) is 40.7 Å². The Kier molecular flexibility index (Phi) is 15.6. The molecule has 0 saturated heterocycles. The number of hydrogen-bond donors (Lipinski definition) is 4. The maximum atomic E-state index is 11.3. The van der Waals surface area contributed by atoms with Crippen molar-refractivity contribution in [2.45, 2.75) is 39.5 Å². The fourth-order valence-corrected chi connectivity index (χ4v) is 4.71. The lowest BCUT2D eigenvalue weighted by Gasteiger charge is -2.17. The van der Waals surface area contributed by atoms with Crippen LogP contribution in [0.4, 0.5) is 0 Å². The second kappa shape index (κ2) is 20.1. The second-order valence-electron chi connectivity index (χ2n) is 10.5. The lowest BCUT2D eigenvalue weighted by atomic mass is 9.96. The number of nitriles is 1. The topological polar surface area (TPSA) is 177 Å². The number of pyridine rings is 1. The van der Waals surface area contributed by atoms with E-state index in [0.29, 0.717) is 48.3 Å². The van der Waals surface area contributed by atoms with Gasteiger partial charge in [0.25, 0.3) is 0 Å². The normalized spacial score (nSPS) is 10.2. The number of halogens is 1. The van der Waals surface area contributed by atoms with Crippen LogP contribution in [0.25, 0.3) is 11.1 Å². The zero-order chi connectivity index (χ0) is 35.6. The quantitative estimate of drug-likeness (QED) is 0.0842. The van der Waals surface area contributed by atoms with Crippen LogP contribution in [0.5, 0.6) is 17.2 Å². The molecule has 1 aromatic heterocycles. The molecule has 0 aliphatic rings. The van der Waals surface area contributed by atoms with E-state index in [9.17, 15) is 9.59 Å². The summed E-state index contributed by atoms with van der Waals surface area (Å²) in [7, 11) is 0. The number of benzene rings is 3. The second-order valence-corrected chi connectivity index (χ2v) is 11.0. The van der Waals surface area contributed by atoms with Gasteiger partial charge in [-0.2, -0.15) is 5.26 Å². The van der Waals surface area contributed by atoms with Gasteiger partial charge in [-0.1, -0.05) is 48.5 Å². The standard InChI is InChI=1S/C34H33ClN4O4.C3H6O3/c1-3-34(40)39-11-6-12-41-29-9-4-7-26(14-29)30-10-5-8-27(23(30)2)22-43-33-16-32(28(18-37)15-31(33)35)42-21-25-13-24(17-36)19-38-20-25;4-2-1-3(5)6/h3-5,7-10,13-16,19-20H,1,6,11-12,18,21-22,37H2,2H3,(H,39,40);4H,1-2H2,(H,5,6). The molecule has 1 amide bonds. The molecule has 3 aromatic carbocycles. The van der Waals surface area contributed by atoms with E-state index in [1.807, 2.05) is 36.4 Å². The summed E-state index contributed by atoms with van der Waals surface area (Å²) in [4.78, 5) is 24.8. The molecule has 12 heteroatoms. The fraction of sp³-hybridized carbons (Fsp3) is 0.243. The minimum absolute atomic E-state index is 0.153. The molecular formula is C37H39ClN4O7. The summed E-state index contributed by atoms with van der Waals surface area (Å²) in [6.07, 6.45) is 4.94. The monoisotopic (exact) mass is 686 g/mol. The van der Waals surface area contributed by atoms with Crippen molar-refractivity contribution in [3.8, 4) is 34.4 Å². The van der Waals surface area contributed by atoms with E-state index in [1.54, 1.807) is 24.4 Å². The molecule has 4 rings (SSSR count). The molecule has 0 aliphatic carbocycles. The molecule has 256 valence electrons. The average Bonchev–Trinajstić information content (AvgIpc) is 3.11. The molecule has 0 radical (unpaired) electrons. The van der Waals surface area contributed by atoms with Crippen LogP contribution in [-0.4, -0.2) is 46.8 Å². The Morgan fingerprint density at radius 1 is 1.04 bits per heavy atom. The summed E-state index contributed by atoms with van der Waals surface area (Å²) in [6.45, 7) is 6.98. The molecule has 1 heterocycles. The molecule has 11 nitrogen and oxygen atoms in total. The Balaban J connectivity index is 0.000000992. The maximum absolute atomic E-state index is 11.3. The summed E-state index contributed by atoms with van der Waals surface area (Å²) in [5.74, 6) is 0.624. The van der Waals surface area contributed by atoms with Gasteiger partial charge >= 0.3 is 5.97 Å². The minimum Gasteiger partial charge on any atom is -0.494 e. The Bertz CT molecular complexity index is 1770. The van der Waals surface area contributed by atoms with Gasteiger partial charge in [-0.15, -0.1) is 0 Å². The largest absolute Gasteiger partial charge is 0.494 e. The summed E-state index contributed by atoms with van der Waals surface area (Å²) in [5.41, 5.74) is 12.1. The first-order valence-corrected chi connectivity index (χ1v) is 15.7. The van der Waals surface area contributed by atoms with Gasteiger partial charge in [-0.3, -0.25) is 14.6 Å². The SMILES string of the molecule is C=CC(=O)NCCCOc1cccc(-c2cccc(COc3cc(OCc4cncc(C#N)c4)c(CN)cc3Cl)c2C)c1.O=C(O)CCO. The maximum Gasteiger partial charge on any atom is 0.305 e. The third-order valence-electron chi connectivity index (χ3n) is 7.03. The van der Waals surface area contributed by atoms with Crippen molar-refractivity contribution < 1.29 is 34.0 Å². The summed E-state index contributed by atoms with van der Waals surface area (Å²) < 4.78 is 18.1. The van der Waals surface area contributed by atoms with Gasteiger partial charge in [0.15, 0.2) is 0 Å². The van der Waals surface area contributed by atoms with E-state index >= 15 is 0 Å². The van der Waals surface area contributed by atoms with E-state index in [0.717, 1.165) is 39.1 Å². The van der Waals surface area contributed by atoms with Crippen LogP contribution in [0.15, 0.2) is 85.7 Å². The van der Waals surface area contributed by atoms with Crippen LogP contribution >= 0.6 is 11.6 Å². The van der Waals surface area contributed by atoms with Crippen molar-refractivity contribution in [3.63, 3.8) is 0 Å². The first kappa shape index (κ1) is 38.0. The van der Waals surface area contributed by atoms with Gasteiger partial charge in [0.2, 0.25) is 5.91 Å². The highest BCUT2D eigenvalue weighted by Crippen LogP contribution is 2.35. The van der Waals surface area contributed by atoms with E-state index < -0.39 is 5.97 Å². The number of aliphatic hydroxyl groups excluding tert-OH is 1. The van der Waals surface area contributed by atoms with Crippen molar-refractivity contribution in [2.24, 2.45) is 5.73 Å². The number of aliphatic carboxylic acids is 1. The predicted octanol–water partition coefficient (Wildman–Crippen LogP) is 5.72. The molecule has 0 atom stereocenters. The van der Waals surface area contributed by atoms with Crippen molar-refractivity contribution in [1.29, 1.82) is 5.26 Å². The highest BCUT2D eigenvalue weighted by atomic mass is 35.5. The number of aliphatic hydroxyl groups is 1. The number of nitrogens with one attached hydrogen (secondary N) is 1. The fourth-order valence-electron chi connectivity index (χ4n) is 4.47. The van der Waals surface area contributed by atoms with Crippen molar-refractivity contribution in [3.05, 3.63) is 119 Å². The number of amides is 1. The number of hydrogen-bond acceptors (Lipinski definition) is 9. The Morgan fingerprint density at radius 3 is 2.51 bits per heavy atom. The van der Waals surface area contributed by atoms with Crippen LogP contribution < -0.4 is 25.3 Å². The lowest BCUT2D eigenvalue weighted by molar-refractivity contribution is -0.137. The zero-order valence-electron chi connectivity index (χ0n) is 27.2. The molecule has 0 spiro atoms. The van der Waals surface area contributed by atoms with Gasteiger partial charge in [0, 0.05) is 42.7 Å². The summed E-state index contributed by atoms with van der Waals surface area (Å²) >= 11 is 6.55. The number of rotatable bonds is 16. The van der Waals surface area contributed by atoms with E-state index in [-0.39, 0.29) is 32.1 Å². The van der Waals surface area contributed by atoms with Crippen LogP contribution in [-0.2, 0) is 29.3 Å². The molecule has 0 bridgehead atoms. The molecule has 0 saturated carbocycles. The van der Waals surface area contributed by atoms with Gasteiger partial charge < -0.3 is 35.5 Å². The number of ether oxygens (including phenoxy) is 3. The van der Waals surface area contributed by atoms with Gasteiger partial charge in [-0.25, -0.2) is 0 Å². The van der Waals surface area contributed by atoms with Gasteiger partial charge in [0.05, 0.1) is 30.2 Å². The third-order valence-corrected chi connectivity index (χ3v) is 7.32. The highest BCUT2D eigenvalue weighted by Gasteiger charge is 2.13. The third kappa shape index (κ3) is 12.3. The summed E-state index contributed by atoms with van der Waals surface area (Å²) in [6, 6.07) is 21.3. The Labute approximate surface area is 290 Å². The molecule has 49 heavy (non-hydrogen) atoms. The van der Waals surface area contributed by atoms with Crippen molar-refractivity contribution in [2.75, 3.05) is 19.8 Å². The smallest absolute Gasteiger partial charge is 0.305 e. The molecule has 5 N–H and O–H groups in total. The van der Waals surface area contributed by atoms with Crippen molar-refractivity contribution in [1.82, 2.24) is 10.3 Å². The first-order chi connectivity index (χ1) is 23.7. The number of nitrogens with two attached hydrogens (primary N) is 1. The number of aromatic nitrogens is 1. The Hall–Kier alpha value is -5.41. The molecule has 0 aliphatic heterocycles. The Morgan fingerprint density at radius 2 is 1.82 bits per heavy atom. The summed E-state index contributed by atoms with van der Waals surface area (Å²) in [5, 5.41) is 27.9. The number of carboxylic acids is 1. The van der Waals surface area contributed by atoms with E-state index in [2.05, 4.69) is 35.9 Å². The number of carboxylic acid groups (broad SMARTS) is 1. The first-order valence-electron chi connectivity index (χ1n) is 15.4. The lowest BCUT2D eigenvalue weighted by Crippen LogP contribution is -2.23. The molecular weight excluding hydrogens is 648 g/mol. The number of carbonyl (C=O) groups excluding carboxylic acids is 1. The number of nitrogens with zero attached hydrogens (tertiary/aromatic N) is 2. The molecule has 4 aromatic rings. The van der Waals surface area contributed by atoms with Crippen LogP contribution in [0.2, 0.25) is 5.02 Å². The average molecular weight is 687 g/mol. The van der Waals surface area contributed by atoms with E-state index in [4.69, 9.17) is 47.0 Å². The van der Waals surface area contributed by atoms with Gasteiger partial charge in [0.1, 0.15) is 36.5 Å². The minimum atomic E-state index is -0.961. The number of carbonyl (C=O) groups is 2.